The molecule has 152 valence electrons. The number of rotatable bonds is 4. The van der Waals surface area contributed by atoms with Gasteiger partial charge < -0.3 is 9.64 Å². The number of ether oxygens (including phenoxy) is 1. The normalized spacial score (nSPS) is 16.5. The maximum atomic E-state index is 12.4. The van der Waals surface area contributed by atoms with Crippen molar-refractivity contribution in [3.05, 3.63) is 70.7 Å². The largest absolute Gasteiger partial charge is 0.461 e. The summed E-state index contributed by atoms with van der Waals surface area (Å²) < 4.78 is 7.60. The van der Waals surface area contributed by atoms with E-state index in [-0.39, 0.29) is 11.7 Å². The molecule has 0 amide bonds. The van der Waals surface area contributed by atoms with Gasteiger partial charge in [-0.3, -0.25) is 9.36 Å². The summed E-state index contributed by atoms with van der Waals surface area (Å²) in [5.41, 5.74) is 2.63. The molecule has 1 saturated heterocycles. The van der Waals surface area contributed by atoms with Crippen LogP contribution in [0.25, 0.3) is 16.2 Å². The predicted molar refractivity (Wildman–Crippen MR) is 114 cm³/mol. The monoisotopic (exact) mass is 402 g/mol. The van der Waals surface area contributed by atoms with Crippen molar-refractivity contribution in [3.8, 4) is 17.4 Å². The molecule has 1 aliphatic heterocycles. The Morgan fingerprint density at radius 3 is 2.70 bits per heavy atom. The summed E-state index contributed by atoms with van der Waals surface area (Å²) in [7, 11) is 1.66. The van der Waals surface area contributed by atoms with E-state index in [1.54, 1.807) is 19.3 Å². The molecule has 3 heterocycles. The van der Waals surface area contributed by atoms with Crippen molar-refractivity contribution < 1.29 is 4.74 Å². The smallest absolute Gasteiger partial charge is 0.299 e. The van der Waals surface area contributed by atoms with Crippen molar-refractivity contribution in [2.45, 2.75) is 25.4 Å². The fourth-order valence-corrected chi connectivity index (χ4v) is 3.53. The minimum Gasteiger partial charge on any atom is -0.461 e. The molecule has 8 nitrogen and oxygen atoms in total. The Labute approximate surface area is 174 Å². The van der Waals surface area contributed by atoms with E-state index in [9.17, 15) is 4.79 Å². The van der Waals surface area contributed by atoms with E-state index < -0.39 is 0 Å². The molecular weight excluding hydrogens is 380 g/mol. The van der Waals surface area contributed by atoms with Gasteiger partial charge in [0.1, 0.15) is 12.4 Å². The number of nitrogens with zero attached hydrogens (tertiary/aromatic N) is 6. The second-order valence-electron chi connectivity index (χ2n) is 7.20. The molecule has 0 radical (unpaired) electrons. The van der Waals surface area contributed by atoms with Gasteiger partial charge in [0, 0.05) is 44.5 Å². The Morgan fingerprint density at radius 1 is 1.13 bits per heavy atom. The van der Waals surface area contributed by atoms with Crippen LogP contribution in [-0.4, -0.2) is 38.7 Å². The lowest BCUT2D eigenvalue weighted by atomic mass is 10.2. The molecule has 0 saturated carbocycles. The summed E-state index contributed by atoms with van der Waals surface area (Å²) in [6.45, 7) is 8.84. The lowest BCUT2D eigenvalue weighted by Gasteiger charge is -2.23. The quantitative estimate of drug-likeness (QED) is 0.624. The van der Waals surface area contributed by atoms with Crippen molar-refractivity contribution in [1.29, 1.82) is 0 Å². The minimum absolute atomic E-state index is 0.0312. The van der Waals surface area contributed by atoms with Crippen LogP contribution < -0.4 is 15.2 Å². The Morgan fingerprint density at radius 2 is 1.97 bits per heavy atom. The molecule has 1 unspecified atom stereocenters. The van der Waals surface area contributed by atoms with Crippen LogP contribution in [0.5, 0.6) is 6.01 Å². The maximum absolute atomic E-state index is 12.4. The summed E-state index contributed by atoms with van der Waals surface area (Å²) in [6, 6.07) is 11.1. The van der Waals surface area contributed by atoms with Gasteiger partial charge in [0.05, 0.1) is 18.0 Å². The molecule has 1 fully saturated rings. The number of benzene rings is 1. The Kier molecular flexibility index (Phi) is 5.70. The van der Waals surface area contributed by atoms with Gasteiger partial charge in [0.25, 0.3) is 11.6 Å². The fourth-order valence-electron chi connectivity index (χ4n) is 3.53. The van der Waals surface area contributed by atoms with Crippen LogP contribution in [0.1, 0.15) is 19.3 Å². The molecule has 0 bridgehead atoms. The molecular formula is C22H22N6O2. The van der Waals surface area contributed by atoms with Crippen LogP contribution in [-0.2, 0) is 7.05 Å². The summed E-state index contributed by atoms with van der Waals surface area (Å²) in [6.07, 6.45) is 5.68. The molecule has 2 aromatic heterocycles. The Hall–Kier alpha value is -3.73. The molecule has 3 aromatic rings. The number of hydrogen-bond acceptors (Lipinski definition) is 6. The van der Waals surface area contributed by atoms with Crippen LogP contribution in [0.3, 0.4) is 0 Å². The predicted octanol–water partition coefficient (Wildman–Crippen LogP) is 3.23. The van der Waals surface area contributed by atoms with E-state index in [0.29, 0.717) is 23.1 Å². The zero-order valence-corrected chi connectivity index (χ0v) is 16.7. The molecule has 0 spiro atoms. The highest BCUT2D eigenvalue weighted by atomic mass is 16.5. The lowest BCUT2D eigenvalue weighted by Crippen LogP contribution is -2.27. The Bertz CT molecular complexity index is 1110. The second kappa shape index (κ2) is 8.74. The summed E-state index contributed by atoms with van der Waals surface area (Å²) >= 11 is 0. The summed E-state index contributed by atoms with van der Waals surface area (Å²) in [5.74, 6) is 0. The van der Waals surface area contributed by atoms with E-state index >= 15 is 0 Å². The van der Waals surface area contributed by atoms with Gasteiger partial charge >= 0.3 is 0 Å². The molecule has 4 rings (SSSR count). The van der Waals surface area contributed by atoms with Crippen LogP contribution in [0, 0.1) is 6.57 Å². The zero-order valence-electron chi connectivity index (χ0n) is 16.7. The van der Waals surface area contributed by atoms with Gasteiger partial charge in [0.2, 0.25) is 0 Å². The van der Waals surface area contributed by atoms with E-state index in [1.165, 1.54) is 17.0 Å². The molecule has 1 aliphatic rings. The molecule has 30 heavy (non-hydrogen) atoms. The van der Waals surface area contributed by atoms with Crippen LogP contribution in [0.15, 0.2) is 53.7 Å². The zero-order chi connectivity index (χ0) is 20.9. The number of aromatic nitrogens is 4. The van der Waals surface area contributed by atoms with Crippen LogP contribution >= 0.6 is 0 Å². The molecule has 8 heteroatoms. The van der Waals surface area contributed by atoms with Gasteiger partial charge in [-0.15, -0.1) is 0 Å². The Balaban J connectivity index is 1.49. The minimum atomic E-state index is -0.191. The molecule has 1 atom stereocenters. The summed E-state index contributed by atoms with van der Waals surface area (Å²) in [5, 5.41) is 0. The van der Waals surface area contributed by atoms with Crippen LogP contribution in [0.2, 0.25) is 0 Å². The summed E-state index contributed by atoms with van der Waals surface area (Å²) in [4.78, 5) is 30.8. The van der Waals surface area contributed by atoms with Crippen molar-refractivity contribution in [1.82, 2.24) is 19.5 Å². The maximum Gasteiger partial charge on any atom is 0.299 e. The van der Waals surface area contributed by atoms with Gasteiger partial charge in [-0.25, -0.2) is 14.8 Å². The third kappa shape index (κ3) is 4.30. The highest BCUT2D eigenvalue weighted by Crippen LogP contribution is 2.24. The van der Waals surface area contributed by atoms with Gasteiger partial charge in [0.15, 0.2) is 5.69 Å². The third-order valence-electron chi connectivity index (χ3n) is 5.23. The first-order chi connectivity index (χ1) is 14.6. The fraction of sp³-hybridized carbons (Fsp3) is 0.318. The van der Waals surface area contributed by atoms with Crippen molar-refractivity contribution in [3.63, 3.8) is 0 Å². The van der Waals surface area contributed by atoms with Crippen molar-refractivity contribution >= 4 is 11.4 Å². The average molecular weight is 402 g/mol. The van der Waals surface area contributed by atoms with Gasteiger partial charge in [-0.05, 0) is 31.0 Å². The van der Waals surface area contributed by atoms with Crippen LogP contribution in [0.4, 0.5) is 11.4 Å². The first kappa shape index (κ1) is 19.6. The molecule has 0 N–H and O–H groups in total. The molecule has 0 aliphatic carbocycles. The van der Waals surface area contributed by atoms with E-state index in [2.05, 4.69) is 24.7 Å². The second-order valence-corrected chi connectivity index (χ2v) is 7.20. The number of hydrogen-bond donors (Lipinski definition) is 0. The van der Waals surface area contributed by atoms with E-state index in [0.717, 1.165) is 38.0 Å². The van der Waals surface area contributed by atoms with Crippen molar-refractivity contribution in [2.24, 2.45) is 7.05 Å². The standard InChI is InChI=1S/C22H22N6O2/c1-23-16-5-7-17(8-6-16)28-12-3-4-18(10-13-28)30-22-26-20(14-21(29)27(22)2)19-9-11-24-15-25-19/h5-9,11,14-15,18H,3-4,10,12-13H2,2H3. The SMILES string of the molecule is [C-]#[N+]c1ccc(N2CCCC(Oc3nc(-c4ccncn4)cc(=O)n3C)CC2)cc1. The van der Waals surface area contributed by atoms with Crippen molar-refractivity contribution in [2.75, 3.05) is 18.0 Å². The first-order valence-corrected chi connectivity index (χ1v) is 9.87. The number of anilines is 1. The van der Waals surface area contributed by atoms with Gasteiger partial charge in [-0.2, -0.15) is 4.98 Å². The highest BCUT2D eigenvalue weighted by molar-refractivity contribution is 5.55. The lowest BCUT2D eigenvalue weighted by molar-refractivity contribution is 0.164. The third-order valence-corrected chi connectivity index (χ3v) is 5.23. The average Bonchev–Trinajstić information content (AvgIpc) is 3.03. The van der Waals surface area contributed by atoms with E-state index in [1.807, 2.05) is 24.3 Å². The van der Waals surface area contributed by atoms with E-state index in [4.69, 9.17) is 11.3 Å². The topological polar surface area (TPSA) is 77.5 Å². The highest BCUT2D eigenvalue weighted by Gasteiger charge is 2.21. The molecule has 1 aromatic carbocycles. The van der Waals surface area contributed by atoms with Gasteiger partial charge in [-0.1, -0.05) is 12.1 Å². The first-order valence-electron chi connectivity index (χ1n) is 9.87.